The molecule has 0 spiro atoms. The zero-order valence-electron chi connectivity index (χ0n) is 11.5. The number of aliphatic carboxylic acids is 1. The van der Waals surface area contributed by atoms with Crippen molar-refractivity contribution in [2.24, 2.45) is 17.8 Å². The Hall–Kier alpha value is -1.14. The van der Waals surface area contributed by atoms with Gasteiger partial charge in [0, 0.05) is 13.7 Å². The molecule has 1 amide bonds. The number of hydrogen-bond acceptors (Lipinski definition) is 4. The first-order valence-electron chi connectivity index (χ1n) is 6.62. The SMILES string of the molecule is COCC(CCO)NC(=O)C1CC(C)CC1C(=O)O. The Morgan fingerprint density at radius 1 is 1.37 bits per heavy atom. The molecule has 0 aromatic carbocycles. The normalized spacial score (nSPS) is 28.1. The van der Waals surface area contributed by atoms with Crippen molar-refractivity contribution < 1.29 is 24.5 Å². The van der Waals surface area contributed by atoms with Gasteiger partial charge in [-0.15, -0.1) is 0 Å². The van der Waals surface area contributed by atoms with Crippen molar-refractivity contribution in [3.05, 3.63) is 0 Å². The van der Waals surface area contributed by atoms with Gasteiger partial charge >= 0.3 is 5.97 Å². The minimum absolute atomic E-state index is 0.0439. The Morgan fingerprint density at radius 3 is 2.53 bits per heavy atom. The number of nitrogens with one attached hydrogen (secondary N) is 1. The van der Waals surface area contributed by atoms with E-state index in [-0.39, 0.29) is 24.5 Å². The standard InChI is InChI=1S/C13H23NO5/c1-8-5-10(11(6-8)13(17)18)12(16)14-9(3-4-15)7-19-2/h8-11,15H,3-7H2,1-2H3,(H,14,16)(H,17,18). The van der Waals surface area contributed by atoms with Gasteiger partial charge in [0.2, 0.25) is 5.91 Å². The molecule has 0 heterocycles. The maximum Gasteiger partial charge on any atom is 0.307 e. The lowest BCUT2D eigenvalue weighted by molar-refractivity contribution is -0.146. The predicted molar refractivity (Wildman–Crippen MR) is 68.5 cm³/mol. The monoisotopic (exact) mass is 273 g/mol. The van der Waals surface area contributed by atoms with E-state index in [1.165, 1.54) is 7.11 Å². The van der Waals surface area contributed by atoms with Crippen LogP contribution in [0, 0.1) is 17.8 Å². The van der Waals surface area contributed by atoms with Crippen LogP contribution in [0.15, 0.2) is 0 Å². The Bertz CT molecular complexity index is 314. The van der Waals surface area contributed by atoms with Crippen molar-refractivity contribution in [2.45, 2.75) is 32.2 Å². The highest BCUT2D eigenvalue weighted by Crippen LogP contribution is 2.36. The van der Waals surface area contributed by atoms with E-state index in [2.05, 4.69) is 5.32 Å². The molecule has 0 bridgehead atoms. The highest BCUT2D eigenvalue weighted by Gasteiger charge is 2.41. The molecular weight excluding hydrogens is 250 g/mol. The molecule has 0 saturated heterocycles. The zero-order chi connectivity index (χ0) is 14.4. The second-order valence-corrected chi connectivity index (χ2v) is 5.30. The first-order chi connectivity index (χ1) is 8.99. The summed E-state index contributed by atoms with van der Waals surface area (Å²) in [6, 6.07) is -0.271. The fourth-order valence-corrected chi connectivity index (χ4v) is 2.72. The Kier molecular flexibility index (Phi) is 6.24. The summed E-state index contributed by atoms with van der Waals surface area (Å²) in [6.07, 6.45) is 1.55. The first kappa shape index (κ1) is 15.9. The second kappa shape index (κ2) is 7.45. The van der Waals surface area contributed by atoms with Crippen LogP contribution in [0.25, 0.3) is 0 Å². The van der Waals surface area contributed by atoms with Crippen molar-refractivity contribution >= 4 is 11.9 Å². The molecular formula is C13H23NO5. The summed E-state index contributed by atoms with van der Waals surface area (Å²) < 4.78 is 4.97. The molecule has 1 fully saturated rings. The van der Waals surface area contributed by atoms with Crippen LogP contribution in [0.5, 0.6) is 0 Å². The summed E-state index contributed by atoms with van der Waals surface area (Å²) in [5.41, 5.74) is 0. The fourth-order valence-electron chi connectivity index (χ4n) is 2.72. The van der Waals surface area contributed by atoms with Gasteiger partial charge in [0.05, 0.1) is 24.5 Å². The molecule has 0 aromatic rings. The quantitative estimate of drug-likeness (QED) is 0.618. The Morgan fingerprint density at radius 2 is 2.00 bits per heavy atom. The summed E-state index contributed by atoms with van der Waals surface area (Å²) in [5.74, 6) is -1.99. The van der Waals surface area contributed by atoms with E-state index >= 15 is 0 Å². The maximum absolute atomic E-state index is 12.2. The van der Waals surface area contributed by atoms with E-state index in [0.29, 0.717) is 25.9 Å². The van der Waals surface area contributed by atoms with Crippen LogP contribution in [0.2, 0.25) is 0 Å². The number of ether oxygens (including phenoxy) is 1. The van der Waals surface area contributed by atoms with Crippen LogP contribution >= 0.6 is 0 Å². The summed E-state index contributed by atoms with van der Waals surface area (Å²) >= 11 is 0. The van der Waals surface area contributed by atoms with E-state index in [4.69, 9.17) is 14.9 Å². The van der Waals surface area contributed by atoms with Crippen LogP contribution in [-0.4, -0.2) is 48.5 Å². The number of carboxylic acids is 1. The molecule has 4 unspecified atom stereocenters. The van der Waals surface area contributed by atoms with Crippen LogP contribution in [0.4, 0.5) is 0 Å². The lowest BCUT2D eigenvalue weighted by atomic mass is 9.95. The average Bonchev–Trinajstić information content (AvgIpc) is 2.72. The van der Waals surface area contributed by atoms with E-state index in [0.717, 1.165) is 0 Å². The van der Waals surface area contributed by atoms with Gasteiger partial charge in [-0.05, 0) is 25.2 Å². The molecule has 19 heavy (non-hydrogen) atoms. The smallest absolute Gasteiger partial charge is 0.307 e. The average molecular weight is 273 g/mol. The number of hydrogen-bond donors (Lipinski definition) is 3. The number of carboxylic acid groups (broad SMARTS) is 1. The van der Waals surface area contributed by atoms with Crippen molar-refractivity contribution in [2.75, 3.05) is 20.3 Å². The first-order valence-corrected chi connectivity index (χ1v) is 6.62. The van der Waals surface area contributed by atoms with Crippen LogP contribution in [0.1, 0.15) is 26.2 Å². The van der Waals surface area contributed by atoms with Crippen LogP contribution < -0.4 is 5.32 Å². The molecule has 110 valence electrons. The Labute approximate surface area is 113 Å². The minimum atomic E-state index is -0.907. The van der Waals surface area contributed by atoms with Gasteiger partial charge in [-0.1, -0.05) is 6.92 Å². The van der Waals surface area contributed by atoms with E-state index in [9.17, 15) is 9.59 Å². The zero-order valence-corrected chi connectivity index (χ0v) is 11.5. The summed E-state index contributed by atoms with van der Waals surface area (Å²) in [5, 5.41) is 20.8. The van der Waals surface area contributed by atoms with Gasteiger partial charge in [0.25, 0.3) is 0 Å². The molecule has 0 aliphatic heterocycles. The van der Waals surface area contributed by atoms with Gasteiger partial charge in [-0.25, -0.2) is 0 Å². The molecule has 6 nitrogen and oxygen atoms in total. The van der Waals surface area contributed by atoms with Crippen LogP contribution in [0.3, 0.4) is 0 Å². The molecule has 3 N–H and O–H groups in total. The molecule has 1 aliphatic carbocycles. The predicted octanol–water partition coefficient (Wildman–Crippen LogP) is 0.247. The number of methoxy groups -OCH3 is 1. The third-order valence-corrected chi connectivity index (χ3v) is 3.64. The lowest BCUT2D eigenvalue weighted by Gasteiger charge is -2.21. The van der Waals surface area contributed by atoms with Gasteiger partial charge in [-0.3, -0.25) is 9.59 Å². The van der Waals surface area contributed by atoms with Crippen molar-refractivity contribution in [1.29, 1.82) is 0 Å². The van der Waals surface area contributed by atoms with E-state index in [1.54, 1.807) is 0 Å². The van der Waals surface area contributed by atoms with Gasteiger partial charge < -0.3 is 20.3 Å². The topological polar surface area (TPSA) is 95.9 Å². The lowest BCUT2D eigenvalue weighted by Crippen LogP contribution is -2.43. The van der Waals surface area contributed by atoms with Crippen molar-refractivity contribution in [1.82, 2.24) is 5.32 Å². The number of rotatable bonds is 7. The second-order valence-electron chi connectivity index (χ2n) is 5.30. The highest BCUT2D eigenvalue weighted by molar-refractivity contribution is 5.85. The summed E-state index contributed by atoms with van der Waals surface area (Å²) in [6.45, 7) is 2.23. The number of aliphatic hydroxyl groups is 1. The number of amides is 1. The third-order valence-electron chi connectivity index (χ3n) is 3.64. The Balaban J connectivity index is 2.62. The molecule has 6 heteroatoms. The maximum atomic E-state index is 12.2. The molecule has 0 radical (unpaired) electrons. The van der Waals surface area contributed by atoms with Gasteiger partial charge in [0.1, 0.15) is 0 Å². The van der Waals surface area contributed by atoms with Crippen LogP contribution in [-0.2, 0) is 14.3 Å². The van der Waals surface area contributed by atoms with E-state index in [1.807, 2.05) is 6.92 Å². The molecule has 1 rings (SSSR count). The van der Waals surface area contributed by atoms with Crippen molar-refractivity contribution in [3.8, 4) is 0 Å². The molecule has 1 aliphatic rings. The third kappa shape index (κ3) is 4.47. The molecule has 4 atom stereocenters. The summed E-state index contributed by atoms with van der Waals surface area (Å²) in [4.78, 5) is 23.3. The summed E-state index contributed by atoms with van der Waals surface area (Å²) in [7, 11) is 1.52. The minimum Gasteiger partial charge on any atom is -0.481 e. The number of carbonyl (C=O) groups excluding carboxylic acids is 1. The number of aliphatic hydroxyl groups excluding tert-OH is 1. The molecule has 0 aromatic heterocycles. The van der Waals surface area contributed by atoms with Gasteiger partial charge in [-0.2, -0.15) is 0 Å². The van der Waals surface area contributed by atoms with E-state index < -0.39 is 17.8 Å². The fraction of sp³-hybridized carbons (Fsp3) is 0.846. The number of carbonyl (C=O) groups is 2. The molecule has 1 saturated carbocycles. The van der Waals surface area contributed by atoms with Gasteiger partial charge in [0.15, 0.2) is 0 Å². The largest absolute Gasteiger partial charge is 0.481 e. The van der Waals surface area contributed by atoms with Crippen molar-refractivity contribution in [3.63, 3.8) is 0 Å². The highest BCUT2D eigenvalue weighted by atomic mass is 16.5.